The van der Waals surface area contributed by atoms with Crippen LogP contribution in [0.25, 0.3) is 22.2 Å². The molecule has 4 heterocycles. The number of aromatic nitrogens is 4. The molecular weight excluding hydrogens is 480 g/mol. The molecule has 1 N–H and O–H groups in total. The molecule has 1 aromatic carbocycles. The van der Waals surface area contributed by atoms with Gasteiger partial charge < -0.3 is 10.0 Å². The van der Waals surface area contributed by atoms with Gasteiger partial charge >= 0.3 is 6.18 Å². The lowest BCUT2D eigenvalue weighted by atomic mass is 9.80. The molecular formula is C24H26F4N6O2. The Hall–Kier alpha value is -3.28. The Kier molecular flexibility index (Phi) is 6.09. The predicted octanol–water partition coefficient (Wildman–Crippen LogP) is 3.52. The van der Waals surface area contributed by atoms with Gasteiger partial charge in [0.05, 0.1) is 29.0 Å². The van der Waals surface area contributed by atoms with Gasteiger partial charge in [-0.15, -0.1) is 10.2 Å². The number of aromatic hydroxyl groups is 1. The molecule has 2 aliphatic heterocycles. The summed E-state index contributed by atoms with van der Waals surface area (Å²) in [5.41, 5.74) is -0.287. The second kappa shape index (κ2) is 8.99. The molecule has 2 aromatic heterocycles. The van der Waals surface area contributed by atoms with Gasteiger partial charge in [-0.2, -0.15) is 13.2 Å². The first kappa shape index (κ1) is 24.4. The van der Waals surface area contributed by atoms with Crippen molar-refractivity contribution in [3.05, 3.63) is 40.9 Å². The molecule has 2 saturated heterocycles. The minimum Gasteiger partial charge on any atom is -0.507 e. The summed E-state index contributed by atoms with van der Waals surface area (Å²) in [7, 11) is 3.79. The molecule has 192 valence electrons. The monoisotopic (exact) mass is 506 g/mol. The summed E-state index contributed by atoms with van der Waals surface area (Å²) in [4.78, 5) is 20.4. The zero-order valence-corrected chi connectivity index (χ0v) is 19.8. The van der Waals surface area contributed by atoms with Crippen LogP contribution in [-0.4, -0.2) is 74.3 Å². The number of alkyl halides is 4. The molecule has 0 amide bonds. The summed E-state index contributed by atoms with van der Waals surface area (Å²) in [5, 5.41) is 18.8. The number of benzene rings is 1. The zero-order chi connectivity index (χ0) is 25.8. The lowest BCUT2D eigenvalue weighted by molar-refractivity contribution is -0.141. The van der Waals surface area contributed by atoms with Crippen LogP contribution in [0.2, 0.25) is 0 Å². The number of piperidine rings is 2. The third-order valence-electron chi connectivity index (χ3n) is 7.46. The molecule has 0 radical (unpaired) electrons. The van der Waals surface area contributed by atoms with Gasteiger partial charge in [-0.05, 0) is 50.6 Å². The van der Waals surface area contributed by atoms with Gasteiger partial charge in [-0.25, -0.2) is 9.37 Å². The summed E-state index contributed by atoms with van der Waals surface area (Å²) in [5.74, 6) is 0.149. The molecule has 8 nitrogen and oxygen atoms in total. The molecule has 2 fully saturated rings. The second-order valence-electron chi connectivity index (χ2n) is 9.63. The lowest BCUT2D eigenvalue weighted by Gasteiger charge is -2.51. The molecule has 2 aliphatic rings. The largest absolute Gasteiger partial charge is 0.507 e. The first-order valence-corrected chi connectivity index (χ1v) is 11.8. The highest BCUT2D eigenvalue weighted by molar-refractivity contribution is 5.86. The van der Waals surface area contributed by atoms with Gasteiger partial charge in [0, 0.05) is 24.7 Å². The standard InChI is InChI=1S/C24H26F4N6O2/c1-32-13-4-3-5-18(32)22(25)19(8-13)33(2)21-7-6-16(30-31-21)14-9-17-15(10-20(14)35)23(36)34(12-29-17)11-24(26,27)28/h6-7,9-10,12-13,18-19,22,35H,3-5,8,11H2,1-2H3/t13-,18-,19+,22-/m0/s1. The quantitative estimate of drug-likeness (QED) is 0.542. The van der Waals surface area contributed by atoms with Crippen molar-refractivity contribution in [3.63, 3.8) is 0 Å². The number of phenolic OH excluding ortho intramolecular Hbond substituents is 1. The highest BCUT2D eigenvalue weighted by atomic mass is 19.4. The summed E-state index contributed by atoms with van der Waals surface area (Å²) in [6.45, 7) is -1.48. The second-order valence-corrected chi connectivity index (χ2v) is 9.63. The Bertz CT molecular complexity index is 1330. The van der Waals surface area contributed by atoms with Crippen LogP contribution in [0.15, 0.2) is 35.4 Å². The Morgan fingerprint density at radius 3 is 2.67 bits per heavy atom. The molecule has 0 aliphatic carbocycles. The maximum atomic E-state index is 15.3. The normalized spacial score (nSPS) is 24.7. The number of hydrogen-bond donors (Lipinski definition) is 1. The molecule has 0 spiro atoms. The number of nitrogens with zero attached hydrogens (tertiary/aromatic N) is 6. The predicted molar refractivity (Wildman–Crippen MR) is 126 cm³/mol. The summed E-state index contributed by atoms with van der Waals surface area (Å²) >= 11 is 0. The van der Waals surface area contributed by atoms with Gasteiger partial charge in [0.1, 0.15) is 18.5 Å². The molecule has 36 heavy (non-hydrogen) atoms. The average Bonchev–Trinajstić information content (AvgIpc) is 2.82. The van der Waals surface area contributed by atoms with E-state index in [1.54, 1.807) is 19.2 Å². The molecule has 2 bridgehead atoms. The van der Waals surface area contributed by atoms with Gasteiger partial charge in [-0.3, -0.25) is 14.3 Å². The fraction of sp³-hybridized carbons (Fsp3) is 0.500. The van der Waals surface area contributed by atoms with Gasteiger partial charge in [0.2, 0.25) is 0 Å². The third kappa shape index (κ3) is 4.38. The molecule has 3 aromatic rings. The minimum atomic E-state index is -4.58. The summed E-state index contributed by atoms with van der Waals surface area (Å²) < 4.78 is 53.9. The van der Waals surface area contributed by atoms with Crippen molar-refractivity contribution in [2.75, 3.05) is 19.0 Å². The van der Waals surface area contributed by atoms with Crippen molar-refractivity contribution in [3.8, 4) is 17.0 Å². The highest BCUT2D eigenvalue weighted by Crippen LogP contribution is 2.37. The van der Waals surface area contributed by atoms with E-state index in [4.69, 9.17) is 0 Å². The van der Waals surface area contributed by atoms with E-state index in [9.17, 15) is 23.1 Å². The van der Waals surface area contributed by atoms with Gasteiger partial charge in [0.15, 0.2) is 5.82 Å². The molecule has 5 rings (SSSR count). The Labute approximate surface area is 204 Å². The van der Waals surface area contributed by atoms with Crippen LogP contribution in [-0.2, 0) is 6.54 Å². The van der Waals surface area contributed by atoms with Crippen LogP contribution < -0.4 is 10.5 Å². The van der Waals surface area contributed by atoms with Crippen LogP contribution in [0.3, 0.4) is 0 Å². The van der Waals surface area contributed by atoms with E-state index in [1.165, 1.54) is 6.07 Å². The van der Waals surface area contributed by atoms with E-state index in [0.29, 0.717) is 22.8 Å². The summed E-state index contributed by atoms with van der Waals surface area (Å²) in [6, 6.07) is 5.66. The lowest BCUT2D eigenvalue weighted by Crippen LogP contribution is -2.62. The van der Waals surface area contributed by atoms with Crippen LogP contribution in [0.1, 0.15) is 25.7 Å². The molecule has 4 atom stereocenters. The van der Waals surface area contributed by atoms with Crippen molar-refractivity contribution >= 4 is 16.7 Å². The number of fused-ring (bicyclic) bond motifs is 3. The number of anilines is 1. The fourth-order valence-electron chi connectivity index (χ4n) is 5.48. The number of phenols is 1. The van der Waals surface area contributed by atoms with Crippen molar-refractivity contribution in [2.45, 2.75) is 62.7 Å². The van der Waals surface area contributed by atoms with Gasteiger partial charge in [0.25, 0.3) is 5.56 Å². The van der Waals surface area contributed by atoms with Crippen molar-refractivity contribution in [1.82, 2.24) is 24.6 Å². The number of rotatable bonds is 4. The van der Waals surface area contributed by atoms with Crippen molar-refractivity contribution in [2.24, 2.45) is 0 Å². The van der Waals surface area contributed by atoms with E-state index < -0.39 is 24.5 Å². The number of hydrogen-bond acceptors (Lipinski definition) is 7. The molecule has 0 saturated carbocycles. The fourth-order valence-corrected chi connectivity index (χ4v) is 5.48. The first-order valence-electron chi connectivity index (χ1n) is 11.8. The van der Waals surface area contributed by atoms with Crippen molar-refractivity contribution in [1.29, 1.82) is 0 Å². The topological polar surface area (TPSA) is 87.4 Å². The SMILES string of the molecule is CN(c1ccc(-c2cc3ncn(CC(F)(F)F)c(=O)c3cc2O)nn1)[C@@H]1C[C@@H]2CCC[C@@H]([C@@H]1F)N2C. The maximum Gasteiger partial charge on any atom is 0.406 e. The maximum absolute atomic E-state index is 15.3. The molecule has 12 heteroatoms. The average molecular weight is 507 g/mol. The van der Waals surface area contributed by atoms with Gasteiger partial charge in [-0.1, -0.05) is 6.42 Å². The number of halogens is 4. The van der Waals surface area contributed by atoms with Crippen LogP contribution in [0.5, 0.6) is 5.75 Å². The van der Waals surface area contributed by atoms with Crippen molar-refractivity contribution < 1.29 is 22.7 Å². The Morgan fingerprint density at radius 1 is 1.19 bits per heavy atom. The first-order chi connectivity index (χ1) is 17.0. The minimum absolute atomic E-state index is 0.111. The van der Waals surface area contributed by atoms with Crippen LogP contribution in [0, 0.1) is 0 Å². The smallest absolute Gasteiger partial charge is 0.406 e. The molecule has 0 unspecified atom stereocenters. The van der Waals surface area contributed by atoms with E-state index in [-0.39, 0.29) is 40.0 Å². The van der Waals surface area contributed by atoms with E-state index in [0.717, 1.165) is 31.7 Å². The highest BCUT2D eigenvalue weighted by Gasteiger charge is 2.45. The van der Waals surface area contributed by atoms with E-state index in [2.05, 4.69) is 20.1 Å². The third-order valence-corrected chi connectivity index (χ3v) is 7.46. The van der Waals surface area contributed by atoms with Crippen LogP contribution in [0.4, 0.5) is 23.4 Å². The summed E-state index contributed by atoms with van der Waals surface area (Å²) in [6.07, 6.45) is -1.17. The Morgan fingerprint density at radius 2 is 1.97 bits per heavy atom. The van der Waals surface area contributed by atoms with Crippen LogP contribution >= 0.6 is 0 Å². The van der Waals surface area contributed by atoms with E-state index >= 15 is 4.39 Å². The Balaban J connectivity index is 1.41. The van der Waals surface area contributed by atoms with E-state index in [1.807, 2.05) is 11.9 Å². The zero-order valence-electron chi connectivity index (χ0n) is 19.8.